The lowest BCUT2D eigenvalue weighted by molar-refractivity contribution is -0.572. The molecule has 1 aromatic heterocycles. The zero-order chi connectivity index (χ0) is 22.1. The molecule has 4 N–H and O–H groups in total. The summed E-state index contributed by atoms with van der Waals surface area (Å²) < 4.78 is 18.2. The van der Waals surface area contributed by atoms with E-state index in [1.54, 1.807) is 10.9 Å². The highest BCUT2D eigenvalue weighted by Crippen LogP contribution is 2.28. The van der Waals surface area contributed by atoms with Crippen LogP contribution in [0.25, 0.3) is 0 Å². The van der Waals surface area contributed by atoms with Crippen LogP contribution >= 0.6 is 11.8 Å². The molecule has 3 heterocycles. The summed E-state index contributed by atoms with van der Waals surface area (Å²) in [6, 6.07) is 5.51. The van der Waals surface area contributed by atoms with Crippen molar-refractivity contribution in [1.82, 2.24) is 4.98 Å². The van der Waals surface area contributed by atoms with E-state index < -0.39 is 36.5 Å². The molecule has 1 saturated heterocycles. The smallest absolute Gasteiger partial charge is 0.245 e. The molecule has 2 aliphatic rings. The maximum absolute atomic E-state index is 10.0. The van der Waals surface area contributed by atoms with Crippen molar-refractivity contribution in [3.8, 4) is 0 Å². The zero-order valence-electron chi connectivity index (χ0n) is 17.0. The van der Waals surface area contributed by atoms with Crippen LogP contribution in [0.2, 0.25) is 0 Å². The Bertz CT molecular complexity index is 724. The van der Waals surface area contributed by atoms with Gasteiger partial charge in [0.1, 0.15) is 47.9 Å². The van der Waals surface area contributed by atoms with Crippen molar-refractivity contribution in [2.75, 3.05) is 32.3 Å². The molecule has 11 nitrogen and oxygen atoms in total. The molecular formula is C19H29N4O7S+. The fourth-order valence-corrected chi connectivity index (χ4v) is 4.12. The Balaban J connectivity index is 1.26. The summed E-state index contributed by atoms with van der Waals surface area (Å²) in [4.78, 5) is 4.19. The summed E-state index contributed by atoms with van der Waals surface area (Å²) in [5.74, 6) is 0.609. The minimum absolute atomic E-state index is 0.158. The largest absolute Gasteiger partial charge is 0.394 e. The van der Waals surface area contributed by atoms with Gasteiger partial charge >= 0.3 is 0 Å². The highest BCUT2D eigenvalue weighted by Gasteiger charge is 2.43. The van der Waals surface area contributed by atoms with E-state index in [4.69, 9.17) is 14.2 Å². The van der Waals surface area contributed by atoms with Gasteiger partial charge in [0, 0.05) is 11.3 Å². The predicted molar refractivity (Wildman–Crippen MR) is 111 cm³/mol. The molecule has 6 unspecified atom stereocenters. The summed E-state index contributed by atoms with van der Waals surface area (Å²) >= 11 is 1.30. The topological polar surface area (TPSA) is 149 Å². The van der Waals surface area contributed by atoms with Gasteiger partial charge in [0.15, 0.2) is 0 Å². The summed E-state index contributed by atoms with van der Waals surface area (Å²) in [5.41, 5.74) is 0.141. The van der Waals surface area contributed by atoms with Crippen LogP contribution in [0.3, 0.4) is 0 Å². The van der Waals surface area contributed by atoms with Crippen LogP contribution in [0.4, 0.5) is 0 Å². The molecule has 2 aliphatic heterocycles. The molecule has 1 fully saturated rings. The zero-order valence-corrected chi connectivity index (χ0v) is 17.8. The number of hydrogen-bond acceptors (Lipinski definition) is 11. The fourth-order valence-electron chi connectivity index (χ4n) is 3.03. The van der Waals surface area contributed by atoms with Crippen molar-refractivity contribution in [3.63, 3.8) is 0 Å². The van der Waals surface area contributed by atoms with Gasteiger partial charge in [0.05, 0.1) is 25.5 Å². The lowest BCUT2D eigenvalue weighted by atomic mass is 10.0. The SMILES string of the molecule is OCC1OC(SCCCOC[N+]2=CC(COCc3ccccn3)N=N2)C(O)C(O)C1O. The molecule has 12 heteroatoms. The van der Waals surface area contributed by atoms with Crippen LogP contribution in [0, 0.1) is 0 Å². The Kier molecular flexibility index (Phi) is 9.74. The number of ether oxygens (including phenoxy) is 3. The lowest BCUT2D eigenvalue weighted by Crippen LogP contribution is -2.57. The van der Waals surface area contributed by atoms with Crippen molar-refractivity contribution in [2.45, 2.75) is 48.9 Å². The van der Waals surface area contributed by atoms with Crippen molar-refractivity contribution < 1.29 is 39.3 Å². The highest BCUT2D eigenvalue weighted by atomic mass is 32.2. The number of rotatable bonds is 12. The third-order valence-corrected chi connectivity index (χ3v) is 5.95. The number of aliphatic hydroxyl groups excluding tert-OH is 4. The van der Waals surface area contributed by atoms with Gasteiger partial charge in [-0.05, 0) is 24.3 Å². The molecule has 0 bridgehead atoms. The Labute approximate surface area is 184 Å². The average Bonchev–Trinajstić information content (AvgIpc) is 3.24. The van der Waals surface area contributed by atoms with Crippen LogP contribution in [-0.2, 0) is 20.8 Å². The maximum Gasteiger partial charge on any atom is 0.245 e. The number of thioether (sulfide) groups is 1. The van der Waals surface area contributed by atoms with Gasteiger partial charge in [-0.2, -0.15) is 0 Å². The van der Waals surface area contributed by atoms with Crippen LogP contribution in [0.15, 0.2) is 34.7 Å². The van der Waals surface area contributed by atoms with Gasteiger partial charge in [-0.3, -0.25) is 4.98 Å². The molecule has 0 aliphatic carbocycles. The number of hydrogen-bond donors (Lipinski definition) is 4. The Morgan fingerprint density at radius 1 is 1.13 bits per heavy atom. The normalized spacial score (nSPS) is 30.5. The third-order valence-electron chi connectivity index (χ3n) is 4.71. The van der Waals surface area contributed by atoms with E-state index in [1.807, 2.05) is 24.4 Å². The van der Waals surface area contributed by atoms with E-state index in [1.165, 1.54) is 11.8 Å². The summed E-state index contributed by atoms with van der Waals surface area (Å²) in [6.45, 7) is 1.13. The van der Waals surface area contributed by atoms with Gasteiger partial charge < -0.3 is 34.6 Å². The van der Waals surface area contributed by atoms with Gasteiger partial charge in [0.25, 0.3) is 0 Å². The molecule has 1 aromatic rings. The molecule has 31 heavy (non-hydrogen) atoms. The third kappa shape index (κ3) is 7.26. The van der Waals surface area contributed by atoms with E-state index in [0.717, 1.165) is 5.69 Å². The van der Waals surface area contributed by atoms with Crippen LogP contribution in [0.5, 0.6) is 0 Å². The lowest BCUT2D eigenvalue weighted by Gasteiger charge is -2.39. The highest BCUT2D eigenvalue weighted by molar-refractivity contribution is 7.99. The van der Waals surface area contributed by atoms with E-state index >= 15 is 0 Å². The first-order chi connectivity index (χ1) is 15.1. The predicted octanol–water partition coefficient (Wildman–Crippen LogP) is -0.672. The fraction of sp³-hybridized carbons (Fsp3) is 0.684. The Hall–Kier alpha value is -1.51. The van der Waals surface area contributed by atoms with Crippen LogP contribution < -0.4 is 0 Å². The second-order valence-electron chi connectivity index (χ2n) is 7.16. The minimum Gasteiger partial charge on any atom is -0.394 e. The van der Waals surface area contributed by atoms with E-state index in [0.29, 0.717) is 32.0 Å². The van der Waals surface area contributed by atoms with Gasteiger partial charge in [-0.25, -0.2) is 0 Å². The van der Waals surface area contributed by atoms with Crippen molar-refractivity contribution >= 4 is 18.0 Å². The van der Waals surface area contributed by atoms with Crippen LogP contribution in [0.1, 0.15) is 12.1 Å². The molecular weight excluding hydrogens is 428 g/mol. The van der Waals surface area contributed by atoms with Crippen molar-refractivity contribution in [2.24, 2.45) is 10.3 Å². The summed E-state index contributed by atoms with van der Waals surface area (Å²) in [7, 11) is 0. The molecule has 6 atom stereocenters. The Morgan fingerprint density at radius 2 is 2.00 bits per heavy atom. The number of pyridine rings is 1. The molecule has 0 saturated carbocycles. The molecule has 0 amide bonds. The van der Waals surface area contributed by atoms with Crippen LogP contribution in [-0.4, -0.2) is 105 Å². The number of aliphatic hydroxyl groups is 4. The van der Waals surface area contributed by atoms with Gasteiger partial charge in [0.2, 0.25) is 12.8 Å². The second kappa shape index (κ2) is 12.5. The number of aromatic nitrogens is 1. The second-order valence-corrected chi connectivity index (χ2v) is 8.36. The van der Waals surface area contributed by atoms with Gasteiger partial charge in [-0.15, -0.1) is 16.4 Å². The first-order valence-corrected chi connectivity index (χ1v) is 11.1. The first kappa shape index (κ1) is 24.1. The molecule has 0 spiro atoms. The maximum atomic E-state index is 10.0. The summed E-state index contributed by atoms with van der Waals surface area (Å²) in [6.07, 6.45) is -0.555. The quantitative estimate of drug-likeness (QED) is 0.237. The van der Waals surface area contributed by atoms with Crippen molar-refractivity contribution in [1.29, 1.82) is 0 Å². The van der Waals surface area contributed by atoms with E-state index in [2.05, 4.69) is 15.3 Å². The number of nitrogens with zero attached hydrogens (tertiary/aromatic N) is 4. The van der Waals surface area contributed by atoms with E-state index in [-0.39, 0.29) is 12.8 Å². The molecule has 0 aromatic carbocycles. The van der Waals surface area contributed by atoms with Crippen molar-refractivity contribution in [3.05, 3.63) is 30.1 Å². The minimum atomic E-state index is -1.35. The molecule has 3 rings (SSSR count). The molecule has 0 radical (unpaired) electrons. The summed E-state index contributed by atoms with van der Waals surface area (Å²) in [5, 5.41) is 46.9. The van der Waals surface area contributed by atoms with Gasteiger partial charge in [-0.1, -0.05) is 6.07 Å². The molecule has 172 valence electrons. The van der Waals surface area contributed by atoms with E-state index in [9.17, 15) is 20.4 Å². The average molecular weight is 458 g/mol. The first-order valence-electron chi connectivity index (χ1n) is 10.1. The Morgan fingerprint density at radius 3 is 2.77 bits per heavy atom. The standard InChI is InChI=1S/C19H29N4O7S/c24-9-15-16(25)17(26)18(27)19(30-15)31-7-3-6-28-12-23-8-14(21-22-23)11-29-10-13-4-1-2-5-20-13/h1-2,4-5,8,14-19,24-27H,3,6-7,9-12H2/q+1. The monoisotopic (exact) mass is 457 g/mol.